The molecule has 0 radical (unpaired) electrons. The van der Waals surface area contributed by atoms with Gasteiger partial charge in [0.1, 0.15) is 22.8 Å². The third-order valence-corrected chi connectivity index (χ3v) is 7.05. The lowest BCUT2D eigenvalue weighted by Gasteiger charge is -2.45. The van der Waals surface area contributed by atoms with Crippen LogP contribution in [0.5, 0.6) is 5.75 Å². The van der Waals surface area contributed by atoms with Gasteiger partial charge in [-0.15, -0.1) is 0 Å². The zero-order chi connectivity index (χ0) is 27.6. The number of amides is 2. The van der Waals surface area contributed by atoms with Crippen molar-refractivity contribution in [3.63, 3.8) is 0 Å². The number of aliphatic hydroxyl groups excluding tert-OH is 2. The van der Waals surface area contributed by atoms with Gasteiger partial charge in [-0.3, -0.25) is 19.2 Å². The second-order valence-electron chi connectivity index (χ2n) is 10.7. The van der Waals surface area contributed by atoms with Crippen LogP contribution in [-0.4, -0.2) is 61.5 Å². The number of rotatable bonds is 4. The fourth-order valence-electron chi connectivity index (χ4n) is 5.29. The van der Waals surface area contributed by atoms with Crippen LogP contribution in [0.3, 0.4) is 0 Å². The number of halogens is 1. The van der Waals surface area contributed by atoms with Crippen LogP contribution in [0.2, 0.25) is 0 Å². The summed E-state index contributed by atoms with van der Waals surface area (Å²) < 4.78 is 14.9. The fraction of sp³-hybridized carbons (Fsp3) is 0.440. The molecule has 3 aliphatic carbocycles. The number of nitrogens with one attached hydrogen (secondary N) is 2. The van der Waals surface area contributed by atoms with Crippen LogP contribution in [0.4, 0.5) is 10.1 Å². The smallest absolute Gasteiger partial charge is 0.255 e. The number of allylic oxidation sites excluding steroid dienone is 2. The number of benzene rings is 1. The molecule has 3 aliphatic rings. The molecule has 0 saturated carbocycles. The number of hydrogen-bond acceptors (Lipinski definition) is 9. The number of ketones is 2. The summed E-state index contributed by atoms with van der Waals surface area (Å²) in [6.45, 7) is 5.24. The Morgan fingerprint density at radius 3 is 2.43 bits per heavy atom. The molecule has 0 fully saturated rings. The van der Waals surface area contributed by atoms with Crippen LogP contribution < -0.4 is 16.4 Å². The minimum absolute atomic E-state index is 0.0430. The molecule has 11 nitrogen and oxygen atoms in total. The second-order valence-corrected chi connectivity index (χ2v) is 10.7. The van der Waals surface area contributed by atoms with E-state index in [9.17, 15) is 44.0 Å². The molecule has 4 rings (SSSR count). The van der Waals surface area contributed by atoms with Crippen molar-refractivity contribution in [2.24, 2.45) is 17.6 Å². The summed E-state index contributed by atoms with van der Waals surface area (Å²) in [5, 5.41) is 48.4. The van der Waals surface area contributed by atoms with E-state index in [1.807, 2.05) is 20.8 Å². The molecule has 1 aromatic rings. The molecule has 0 aliphatic heterocycles. The van der Waals surface area contributed by atoms with Gasteiger partial charge in [-0.1, -0.05) is 0 Å². The molecule has 0 saturated heterocycles. The van der Waals surface area contributed by atoms with Gasteiger partial charge in [-0.2, -0.15) is 0 Å². The monoisotopic (exact) mass is 517 g/mol. The summed E-state index contributed by atoms with van der Waals surface area (Å²) in [7, 11) is 0. The number of phenols is 1. The SMILES string of the molecule is CC(C)(C)NCC(=O)Nc1c(F)cc2c(c1O)C(=O)C1=C(O)[C@]3(O)C(=O)C(C(N)=O)=C(O)C[C@@H]3CC1C2. The van der Waals surface area contributed by atoms with Crippen molar-refractivity contribution in [1.82, 2.24) is 5.32 Å². The Morgan fingerprint density at radius 1 is 1.19 bits per heavy atom. The molecule has 0 aromatic heterocycles. The summed E-state index contributed by atoms with van der Waals surface area (Å²) in [4.78, 5) is 50.5. The van der Waals surface area contributed by atoms with E-state index in [0.29, 0.717) is 0 Å². The maximum atomic E-state index is 14.9. The van der Waals surface area contributed by atoms with Gasteiger partial charge in [0.05, 0.1) is 12.1 Å². The zero-order valence-electron chi connectivity index (χ0n) is 20.4. The van der Waals surface area contributed by atoms with Crippen LogP contribution in [0, 0.1) is 17.7 Å². The lowest BCUT2D eigenvalue weighted by atomic mass is 9.60. The van der Waals surface area contributed by atoms with Crippen LogP contribution in [0.25, 0.3) is 0 Å². The van der Waals surface area contributed by atoms with Crippen LogP contribution >= 0.6 is 0 Å². The van der Waals surface area contributed by atoms with Crippen LogP contribution in [0.1, 0.15) is 49.5 Å². The van der Waals surface area contributed by atoms with Gasteiger partial charge in [-0.25, -0.2) is 4.39 Å². The fourth-order valence-corrected chi connectivity index (χ4v) is 5.29. The van der Waals surface area contributed by atoms with E-state index < -0.39 is 86.3 Å². The molecule has 37 heavy (non-hydrogen) atoms. The minimum Gasteiger partial charge on any atom is -0.511 e. The second kappa shape index (κ2) is 8.67. The Kier molecular flexibility index (Phi) is 6.16. The summed E-state index contributed by atoms with van der Waals surface area (Å²) in [5.74, 6) is -9.62. The third kappa shape index (κ3) is 4.15. The first-order valence-corrected chi connectivity index (χ1v) is 11.6. The van der Waals surface area contributed by atoms with Crippen molar-refractivity contribution in [1.29, 1.82) is 0 Å². The van der Waals surface area contributed by atoms with E-state index in [4.69, 9.17) is 5.73 Å². The maximum absolute atomic E-state index is 14.9. The number of Topliss-reactive ketones (excluding diaryl/α,β-unsaturated/α-hetero) is 2. The number of aliphatic hydroxyl groups is 3. The average Bonchev–Trinajstić information content (AvgIpc) is 2.76. The van der Waals surface area contributed by atoms with Gasteiger partial charge in [0.15, 0.2) is 23.0 Å². The van der Waals surface area contributed by atoms with E-state index in [-0.39, 0.29) is 36.9 Å². The summed E-state index contributed by atoms with van der Waals surface area (Å²) in [5.41, 5.74) is -0.0966. The number of hydrogen-bond donors (Lipinski definition) is 7. The summed E-state index contributed by atoms with van der Waals surface area (Å²) >= 11 is 0. The average molecular weight is 518 g/mol. The van der Waals surface area contributed by atoms with Gasteiger partial charge in [0.2, 0.25) is 11.7 Å². The Hall–Kier alpha value is -3.77. The topological polar surface area (TPSA) is 199 Å². The van der Waals surface area contributed by atoms with Gasteiger partial charge < -0.3 is 36.8 Å². The molecule has 3 atom stereocenters. The first kappa shape index (κ1) is 26.3. The molecule has 198 valence electrons. The Morgan fingerprint density at radius 2 is 1.84 bits per heavy atom. The Bertz CT molecular complexity index is 1330. The van der Waals surface area contributed by atoms with E-state index in [1.54, 1.807) is 0 Å². The largest absolute Gasteiger partial charge is 0.511 e. The number of aromatic hydroxyl groups is 1. The standard InChI is InChI=1S/C25H28FN3O8/c1-24(2,3)28-8-14(31)29-18-12(26)6-10-4-9-5-11-7-13(30)17(23(27)36)22(35)25(11,37)21(34)16(9)19(32)15(10)20(18)33/h6,9,11,28,30,33-34,37H,4-5,7-8H2,1-3H3,(H2,27,36)(H,29,31)/t9?,11-,25-/m0/s1. The highest BCUT2D eigenvalue weighted by atomic mass is 19.1. The number of phenolic OH excluding ortho intramolecular Hbond substituents is 1. The van der Waals surface area contributed by atoms with E-state index in [0.717, 1.165) is 6.07 Å². The van der Waals surface area contributed by atoms with Crippen LogP contribution in [-0.2, 0) is 20.8 Å². The molecular weight excluding hydrogens is 489 g/mol. The van der Waals surface area contributed by atoms with Gasteiger partial charge in [-0.05, 0) is 51.2 Å². The molecule has 1 unspecified atom stereocenters. The number of anilines is 1. The predicted octanol–water partition coefficient (Wildman–Crippen LogP) is 1.05. The van der Waals surface area contributed by atoms with Gasteiger partial charge in [0.25, 0.3) is 5.91 Å². The zero-order valence-corrected chi connectivity index (χ0v) is 20.4. The number of carbonyl (C=O) groups excluding carboxylic acids is 4. The summed E-state index contributed by atoms with van der Waals surface area (Å²) in [6.07, 6.45) is -0.469. The summed E-state index contributed by atoms with van der Waals surface area (Å²) in [6, 6.07) is 1.00. The predicted molar refractivity (Wildman–Crippen MR) is 127 cm³/mol. The highest BCUT2D eigenvalue weighted by Crippen LogP contribution is 2.52. The van der Waals surface area contributed by atoms with Gasteiger partial charge >= 0.3 is 0 Å². The molecule has 2 amide bonds. The van der Waals surface area contributed by atoms with E-state index >= 15 is 0 Å². The molecule has 1 aromatic carbocycles. The van der Waals surface area contributed by atoms with Crippen LogP contribution in [0.15, 0.2) is 28.7 Å². The number of fused-ring (bicyclic) bond motifs is 3. The molecule has 8 N–H and O–H groups in total. The Labute approximate surface area is 210 Å². The molecule has 0 bridgehead atoms. The van der Waals surface area contributed by atoms with Crippen molar-refractivity contribution in [3.05, 3.63) is 45.7 Å². The third-order valence-electron chi connectivity index (χ3n) is 7.05. The van der Waals surface area contributed by atoms with E-state index in [1.165, 1.54) is 0 Å². The highest BCUT2D eigenvalue weighted by Gasteiger charge is 2.59. The van der Waals surface area contributed by atoms with Crippen molar-refractivity contribution < 1.29 is 44.0 Å². The lowest BCUT2D eigenvalue weighted by molar-refractivity contribution is -0.144. The lowest BCUT2D eigenvalue weighted by Crippen LogP contribution is -2.57. The highest BCUT2D eigenvalue weighted by molar-refractivity contribution is 6.24. The molecular formula is C25H28FN3O8. The van der Waals surface area contributed by atoms with Gasteiger partial charge in [0, 0.05) is 23.5 Å². The molecule has 0 spiro atoms. The number of primary amides is 1. The first-order chi connectivity index (χ1) is 17.1. The minimum atomic E-state index is -2.69. The van der Waals surface area contributed by atoms with Crippen molar-refractivity contribution in [2.75, 3.05) is 11.9 Å². The van der Waals surface area contributed by atoms with E-state index in [2.05, 4.69) is 10.6 Å². The maximum Gasteiger partial charge on any atom is 0.255 e. The number of nitrogens with two attached hydrogens (primary N) is 1. The normalized spacial score (nSPS) is 25.4. The van der Waals surface area contributed by atoms with Crippen molar-refractivity contribution >= 4 is 29.1 Å². The Balaban J connectivity index is 1.76. The van der Waals surface area contributed by atoms with Crippen molar-refractivity contribution in [3.8, 4) is 5.75 Å². The quantitative estimate of drug-likeness (QED) is 0.225. The number of carbonyl (C=O) groups is 4. The first-order valence-electron chi connectivity index (χ1n) is 11.6. The molecule has 12 heteroatoms. The van der Waals surface area contributed by atoms with Crippen molar-refractivity contribution in [2.45, 2.75) is 51.2 Å². The molecule has 0 heterocycles.